The van der Waals surface area contributed by atoms with Gasteiger partial charge in [-0.05, 0) is 42.7 Å². The lowest BCUT2D eigenvalue weighted by Gasteiger charge is -2.19. The number of aryl methyl sites for hydroxylation is 1. The summed E-state index contributed by atoms with van der Waals surface area (Å²) in [5.74, 6) is 1.29. The summed E-state index contributed by atoms with van der Waals surface area (Å²) in [4.78, 5) is 12.9. The fourth-order valence-corrected chi connectivity index (χ4v) is 3.95. The van der Waals surface area contributed by atoms with Crippen LogP contribution in [0.3, 0.4) is 0 Å². The van der Waals surface area contributed by atoms with E-state index in [2.05, 4.69) is 35.1 Å². The van der Waals surface area contributed by atoms with Gasteiger partial charge >= 0.3 is 0 Å². The zero-order chi connectivity index (χ0) is 22.2. The highest BCUT2D eigenvalue weighted by atomic mass is 16.5. The van der Waals surface area contributed by atoms with Crippen molar-refractivity contribution in [2.45, 2.75) is 32.2 Å². The minimum atomic E-state index is -0.135. The van der Waals surface area contributed by atoms with Crippen LogP contribution in [0.1, 0.15) is 36.8 Å². The van der Waals surface area contributed by atoms with E-state index in [4.69, 9.17) is 14.2 Å². The molecule has 0 aliphatic heterocycles. The maximum absolute atomic E-state index is 12.9. The maximum atomic E-state index is 12.9. The number of nitrogens with one attached hydrogen (secondary N) is 1. The topological polar surface area (TPSA) is 61.7 Å². The molecular formula is C25H32N2O4. The van der Waals surface area contributed by atoms with Crippen LogP contribution in [0, 0.1) is 0 Å². The van der Waals surface area contributed by atoms with Crippen LogP contribution in [0.5, 0.6) is 11.5 Å². The van der Waals surface area contributed by atoms with E-state index >= 15 is 0 Å². The zero-order valence-corrected chi connectivity index (χ0v) is 18.8. The van der Waals surface area contributed by atoms with Gasteiger partial charge in [-0.2, -0.15) is 0 Å². The van der Waals surface area contributed by atoms with Crippen LogP contribution >= 0.6 is 0 Å². The second-order valence-electron chi connectivity index (χ2n) is 7.49. The summed E-state index contributed by atoms with van der Waals surface area (Å²) in [7, 11) is 4.94. The molecule has 1 atom stereocenters. The summed E-state index contributed by atoms with van der Waals surface area (Å²) >= 11 is 0. The minimum Gasteiger partial charge on any atom is -0.497 e. The summed E-state index contributed by atoms with van der Waals surface area (Å²) < 4.78 is 18.3. The lowest BCUT2D eigenvalue weighted by molar-refractivity contribution is -0.121. The normalized spacial score (nSPS) is 12.0. The van der Waals surface area contributed by atoms with Crippen molar-refractivity contribution in [1.82, 2.24) is 9.88 Å². The second kappa shape index (κ2) is 10.9. The molecule has 1 amide bonds. The maximum Gasteiger partial charge on any atom is 0.220 e. The Balaban J connectivity index is 2.03. The predicted octanol–water partition coefficient (Wildman–Crippen LogP) is 4.35. The molecule has 0 spiro atoms. The lowest BCUT2D eigenvalue weighted by Crippen LogP contribution is -2.27. The molecule has 0 saturated carbocycles. The molecule has 6 nitrogen and oxygen atoms in total. The van der Waals surface area contributed by atoms with Crippen LogP contribution < -0.4 is 14.8 Å². The Morgan fingerprint density at radius 2 is 1.77 bits per heavy atom. The van der Waals surface area contributed by atoms with Crippen LogP contribution in [0.4, 0.5) is 0 Å². The molecule has 1 heterocycles. The summed E-state index contributed by atoms with van der Waals surface area (Å²) in [6.45, 7) is 4.21. The van der Waals surface area contributed by atoms with E-state index in [1.54, 1.807) is 21.3 Å². The number of ether oxygens (including phenoxy) is 3. The molecule has 3 aromatic rings. The largest absolute Gasteiger partial charge is 0.497 e. The van der Waals surface area contributed by atoms with E-state index in [1.165, 1.54) is 5.52 Å². The van der Waals surface area contributed by atoms with Gasteiger partial charge in [0.25, 0.3) is 0 Å². The van der Waals surface area contributed by atoms with E-state index in [-0.39, 0.29) is 11.8 Å². The first-order valence-corrected chi connectivity index (χ1v) is 10.7. The molecule has 1 N–H and O–H groups in total. The number of hydrogen-bond donors (Lipinski definition) is 1. The fraction of sp³-hybridized carbons (Fsp3) is 0.400. The van der Waals surface area contributed by atoms with Gasteiger partial charge in [-0.1, -0.05) is 18.2 Å². The van der Waals surface area contributed by atoms with E-state index in [1.807, 2.05) is 30.3 Å². The van der Waals surface area contributed by atoms with Gasteiger partial charge in [0.15, 0.2) is 0 Å². The third-order valence-corrected chi connectivity index (χ3v) is 5.55. The summed E-state index contributed by atoms with van der Waals surface area (Å²) in [6, 6.07) is 14.2. The van der Waals surface area contributed by atoms with Gasteiger partial charge in [0.1, 0.15) is 11.5 Å². The van der Waals surface area contributed by atoms with E-state index in [0.717, 1.165) is 29.5 Å². The summed E-state index contributed by atoms with van der Waals surface area (Å²) in [5.41, 5.74) is 3.28. The molecule has 1 aromatic heterocycles. The Labute approximate surface area is 184 Å². The smallest absolute Gasteiger partial charge is 0.220 e. The lowest BCUT2D eigenvalue weighted by atomic mass is 9.87. The molecule has 166 valence electrons. The average molecular weight is 425 g/mol. The van der Waals surface area contributed by atoms with Crippen molar-refractivity contribution < 1.29 is 19.0 Å². The number of amides is 1. The first kappa shape index (κ1) is 22.7. The van der Waals surface area contributed by atoms with Crippen molar-refractivity contribution in [3.8, 4) is 11.5 Å². The number of rotatable bonds is 11. The highest BCUT2D eigenvalue weighted by Gasteiger charge is 2.24. The summed E-state index contributed by atoms with van der Waals surface area (Å²) in [5, 5.41) is 4.18. The van der Waals surface area contributed by atoms with Gasteiger partial charge in [-0.15, -0.1) is 0 Å². The number of hydrogen-bond acceptors (Lipinski definition) is 4. The fourth-order valence-electron chi connectivity index (χ4n) is 3.95. The number of carbonyl (C=O) groups is 1. The highest BCUT2D eigenvalue weighted by molar-refractivity contribution is 5.86. The van der Waals surface area contributed by atoms with Crippen molar-refractivity contribution in [3.05, 3.63) is 59.8 Å². The molecule has 0 aliphatic rings. The summed E-state index contributed by atoms with van der Waals surface area (Å²) in [6.07, 6.45) is 3.29. The first-order valence-electron chi connectivity index (χ1n) is 10.7. The van der Waals surface area contributed by atoms with Crippen LogP contribution in [-0.2, 0) is 16.1 Å². The predicted molar refractivity (Wildman–Crippen MR) is 123 cm³/mol. The van der Waals surface area contributed by atoms with Crippen molar-refractivity contribution >= 4 is 16.8 Å². The molecule has 1 unspecified atom stereocenters. The average Bonchev–Trinajstić information content (AvgIpc) is 3.18. The number of aromatic nitrogens is 1. The molecular weight excluding hydrogens is 392 g/mol. The number of para-hydroxylation sites is 1. The first-order chi connectivity index (χ1) is 15.1. The number of benzene rings is 2. The molecule has 6 heteroatoms. The van der Waals surface area contributed by atoms with Crippen molar-refractivity contribution in [2.75, 3.05) is 34.5 Å². The third kappa shape index (κ3) is 5.39. The van der Waals surface area contributed by atoms with Gasteiger partial charge in [0.05, 0.1) is 14.2 Å². The molecule has 0 fully saturated rings. The third-order valence-electron chi connectivity index (χ3n) is 5.55. The van der Waals surface area contributed by atoms with Crippen molar-refractivity contribution in [3.63, 3.8) is 0 Å². The molecule has 2 aromatic carbocycles. The minimum absolute atomic E-state index is 0.0104. The van der Waals surface area contributed by atoms with Crippen LogP contribution in [0.15, 0.2) is 48.7 Å². The van der Waals surface area contributed by atoms with E-state index < -0.39 is 0 Å². The molecule has 0 bridgehead atoms. The SMILES string of the molecule is CCn1cc(C(CC(=O)NCCCOC)c2cc(OC)cc(OC)c2)c2ccccc21. The quantitative estimate of drug-likeness (QED) is 0.465. The second-order valence-corrected chi connectivity index (χ2v) is 7.49. The van der Waals surface area contributed by atoms with Crippen LogP contribution in [0.25, 0.3) is 10.9 Å². The van der Waals surface area contributed by atoms with Crippen LogP contribution in [0.2, 0.25) is 0 Å². The zero-order valence-electron chi connectivity index (χ0n) is 18.8. The van der Waals surface area contributed by atoms with Crippen molar-refractivity contribution in [1.29, 1.82) is 0 Å². The number of carbonyl (C=O) groups excluding carboxylic acids is 1. The van der Waals surface area contributed by atoms with Crippen molar-refractivity contribution in [2.24, 2.45) is 0 Å². The van der Waals surface area contributed by atoms with E-state index in [9.17, 15) is 4.79 Å². The number of fused-ring (bicyclic) bond motifs is 1. The van der Waals surface area contributed by atoms with Gasteiger partial charge in [-0.3, -0.25) is 4.79 Å². The molecule has 0 saturated heterocycles. The Bertz CT molecular complexity index is 990. The Morgan fingerprint density at radius 3 is 2.42 bits per heavy atom. The highest BCUT2D eigenvalue weighted by Crippen LogP contribution is 2.37. The number of nitrogens with zero attached hydrogens (tertiary/aromatic N) is 1. The molecule has 0 radical (unpaired) electrons. The van der Waals surface area contributed by atoms with Gasteiger partial charge < -0.3 is 24.1 Å². The Kier molecular flexibility index (Phi) is 7.95. The monoisotopic (exact) mass is 424 g/mol. The van der Waals surface area contributed by atoms with E-state index in [0.29, 0.717) is 31.1 Å². The molecule has 3 rings (SSSR count). The molecule has 0 aliphatic carbocycles. The van der Waals surface area contributed by atoms with Crippen LogP contribution in [-0.4, -0.2) is 45.0 Å². The van der Waals surface area contributed by atoms with Gasteiger partial charge in [0.2, 0.25) is 5.91 Å². The molecule has 31 heavy (non-hydrogen) atoms. The number of methoxy groups -OCH3 is 3. The Morgan fingerprint density at radius 1 is 1.06 bits per heavy atom. The van der Waals surface area contributed by atoms with Gasteiger partial charge in [0, 0.05) is 62.3 Å². The standard InChI is InChI=1S/C25H32N2O4/c1-5-27-17-23(21-9-6-7-10-24(21)27)22(16-25(28)26-11-8-12-29-2)18-13-19(30-3)15-20(14-18)31-4/h6-7,9-10,13-15,17,22H,5,8,11-12,16H2,1-4H3,(H,26,28). The van der Waals surface area contributed by atoms with Gasteiger partial charge in [-0.25, -0.2) is 0 Å². The Hall–Kier alpha value is -2.99.